The molecule has 3 aliphatic heterocycles. The number of nitrogens with zero attached hydrogens (tertiary/aromatic N) is 2. The van der Waals surface area contributed by atoms with Crippen molar-refractivity contribution in [1.82, 2.24) is 5.16 Å². The highest BCUT2D eigenvalue weighted by Crippen LogP contribution is 2.49. The molecule has 0 spiro atoms. The van der Waals surface area contributed by atoms with Gasteiger partial charge in [0.05, 0.1) is 13.1 Å². The topological polar surface area (TPSA) is 102 Å². The number of hydrogen-bond acceptors (Lipinski definition) is 7. The van der Waals surface area contributed by atoms with Gasteiger partial charge in [-0.25, -0.2) is 13.6 Å². The summed E-state index contributed by atoms with van der Waals surface area (Å²) in [5.74, 6) is -3.70. The molecular formula is C25H32F2N3O5S+. The molecule has 1 aliphatic carbocycles. The quantitative estimate of drug-likeness (QED) is 0.403. The highest BCUT2D eigenvalue weighted by Gasteiger charge is 2.56. The Kier molecular flexibility index (Phi) is 6.67. The van der Waals surface area contributed by atoms with E-state index in [9.17, 15) is 23.5 Å². The summed E-state index contributed by atoms with van der Waals surface area (Å²) >= 11 is 1.30. The van der Waals surface area contributed by atoms with E-state index in [1.165, 1.54) is 11.3 Å². The molecule has 2 bridgehead atoms. The molecule has 36 heavy (non-hydrogen) atoms. The molecule has 4 aliphatic rings. The zero-order valence-electron chi connectivity index (χ0n) is 20.3. The fraction of sp³-hybridized carbons (Fsp3) is 0.640. The zero-order chi connectivity index (χ0) is 25.6. The van der Waals surface area contributed by atoms with Crippen molar-refractivity contribution in [2.75, 3.05) is 31.5 Å². The first-order valence-electron chi connectivity index (χ1n) is 12.6. The van der Waals surface area contributed by atoms with Crippen LogP contribution in [-0.2, 0) is 26.3 Å². The number of nitrogens with one attached hydrogen (secondary N) is 1. The van der Waals surface area contributed by atoms with Crippen molar-refractivity contribution in [2.24, 2.45) is 11.8 Å². The third-order valence-corrected chi connectivity index (χ3v) is 8.90. The fourth-order valence-electron chi connectivity index (χ4n) is 6.14. The number of aromatic nitrogens is 1. The highest BCUT2D eigenvalue weighted by molar-refractivity contribution is 7.08. The van der Waals surface area contributed by atoms with Crippen LogP contribution in [0.4, 0.5) is 14.6 Å². The fourth-order valence-corrected chi connectivity index (χ4v) is 6.85. The smallest absolute Gasteiger partial charge is 0.343 e. The molecule has 2 unspecified atom stereocenters. The normalized spacial score (nSPS) is 30.6. The van der Waals surface area contributed by atoms with E-state index >= 15 is 0 Å². The third kappa shape index (κ3) is 4.80. The zero-order valence-corrected chi connectivity index (χ0v) is 21.1. The Bertz CT molecular complexity index is 1100. The number of aryl methyl sites for hydroxylation is 1. The Hall–Kier alpha value is -2.37. The van der Waals surface area contributed by atoms with Crippen molar-refractivity contribution < 1.29 is 37.2 Å². The molecule has 5 heterocycles. The van der Waals surface area contributed by atoms with E-state index in [1.54, 1.807) is 22.9 Å². The molecule has 8 nitrogen and oxygen atoms in total. The Balaban J connectivity index is 1.28. The Morgan fingerprint density at radius 3 is 2.75 bits per heavy atom. The summed E-state index contributed by atoms with van der Waals surface area (Å²) in [6.45, 7) is 4.16. The Morgan fingerprint density at radius 1 is 1.36 bits per heavy atom. The van der Waals surface area contributed by atoms with E-state index < -0.39 is 35.9 Å². The second kappa shape index (κ2) is 9.50. The van der Waals surface area contributed by atoms with Gasteiger partial charge in [-0.05, 0) is 23.2 Å². The van der Waals surface area contributed by atoms with Gasteiger partial charge in [-0.1, -0.05) is 12.1 Å². The van der Waals surface area contributed by atoms with Crippen molar-refractivity contribution in [3.8, 4) is 0 Å². The molecule has 1 saturated carbocycles. The minimum absolute atomic E-state index is 0.0461. The van der Waals surface area contributed by atoms with Crippen LogP contribution >= 0.6 is 11.3 Å². The van der Waals surface area contributed by atoms with E-state index in [4.69, 9.17) is 9.26 Å². The maximum absolute atomic E-state index is 14.0. The van der Waals surface area contributed by atoms with Gasteiger partial charge in [-0.15, -0.1) is 0 Å². The van der Waals surface area contributed by atoms with Crippen molar-refractivity contribution in [3.05, 3.63) is 34.2 Å². The van der Waals surface area contributed by atoms with Gasteiger partial charge in [-0.3, -0.25) is 4.79 Å². The summed E-state index contributed by atoms with van der Waals surface area (Å²) < 4.78 is 39.6. The summed E-state index contributed by atoms with van der Waals surface area (Å²) in [6, 6.07) is 3.30. The lowest BCUT2D eigenvalue weighted by atomic mass is 9.80. The first kappa shape index (κ1) is 25.3. The van der Waals surface area contributed by atoms with Gasteiger partial charge in [0, 0.05) is 55.6 Å². The van der Waals surface area contributed by atoms with Crippen molar-refractivity contribution in [1.29, 1.82) is 0 Å². The SMILES string of the molecule is CCc1cc(NC(=O)C[N+]23CCC(CC2)C(OC(=O)[C@](O)(c2ccsc2)C2CCC(F)(F)C2)C3)no1. The van der Waals surface area contributed by atoms with Crippen LogP contribution in [0.25, 0.3) is 0 Å². The van der Waals surface area contributed by atoms with Crippen LogP contribution in [0.1, 0.15) is 50.4 Å². The van der Waals surface area contributed by atoms with Gasteiger partial charge in [0.25, 0.3) is 5.91 Å². The molecule has 2 aromatic heterocycles. The van der Waals surface area contributed by atoms with Gasteiger partial charge in [0.2, 0.25) is 5.92 Å². The molecule has 3 saturated heterocycles. The number of alkyl halides is 2. The van der Waals surface area contributed by atoms with Crippen LogP contribution in [-0.4, -0.2) is 64.8 Å². The maximum atomic E-state index is 14.0. The van der Waals surface area contributed by atoms with Gasteiger partial charge < -0.3 is 24.2 Å². The minimum Gasteiger partial charge on any atom is -0.454 e. The van der Waals surface area contributed by atoms with E-state index in [-0.39, 0.29) is 31.2 Å². The monoisotopic (exact) mass is 524 g/mol. The number of ether oxygens (including phenoxy) is 1. The molecule has 4 fully saturated rings. The number of quaternary nitrogens is 1. The van der Waals surface area contributed by atoms with Crippen LogP contribution in [0.2, 0.25) is 0 Å². The Morgan fingerprint density at radius 2 is 2.14 bits per heavy atom. The molecule has 2 N–H and O–H groups in total. The number of piperidine rings is 3. The molecule has 6 rings (SSSR count). The second-order valence-corrected chi connectivity index (χ2v) is 11.3. The van der Waals surface area contributed by atoms with E-state index in [1.807, 2.05) is 6.92 Å². The number of amides is 1. The molecular weight excluding hydrogens is 492 g/mol. The lowest BCUT2D eigenvalue weighted by molar-refractivity contribution is -0.939. The van der Waals surface area contributed by atoms with Crippen LogP contribution in [0.3, 0.4) is 0 Å². The van der Waals surface area contributed by atoms with Crippen molar-refractivity contribution in [2.45, 2.75) is 63.1 Å². The van der Waals surface area contributed by atoms with E-state index in [2.05, 4.69) is 10.5 Å². The first-order chi connectivity index (χ1) is 17.1. The average Bonchev–Trinajstić information content (AvgIpc) is 3.60. The molecule has 196 valence electrons. The number of rotatable bonds is 8. The van der Waals surface area contributed by atoms with Gasteiger partial charge >= 0.3 is 5.97 Å². The summed E-state index contributed by atoms with van der Waals surface area (Å²) in [4.78, 5) is 26.3. The van der Waals surface area contributed by atoms with Crippen LogP contribution in [0, 0.1) is 11.8 Å². The molecule has 11 heteroatoms. The number of halogens is 2. The summed E-state index contributed by atoms with van der Waals surface area (Å²) in [5, 5.41) is 21.6. The molecule has 0 radical (unpaired) electrons. The average molecular weight is 525 g/mol. The number of esters is 1. The van der Waals surface area contributed by atoms with Crippen LogP contribution in [0.5, 0.6) is 0 Å². The van der Waals surface area contributed by atoms with E-state index in [0.717, 1.165) is 25.9 Å². The van der Waals surface area contributed by atoms with Crippen LogP contribution < -0.4 is 5.32 Å². The molecule has 0 aromatic carbocycles. The number of anilines is 1. The number of carbonyl (C=O) groups is 2. The summed E-state index contributed by atoms with van der Waals surface area (Å²) in [6.07, 6.45) is 0.895. The van der Waals surface area contributed by atoms with Gasteiger partial charge in [0.1, 0.15) is 12.3 Å². The number of aliphatic hydroxyl groups is 1. The largest absolute Gasteiger partial charge is 0.454 e. The predicted molar refractivity (Wildman–Crippen MR) is 127 cm³/mol. The molecule has 3 atom stereocenters. The predicted octanol–water partition coefficient (Wildman–Crippen LogP) is 3.71. The standard InChI is InChI=1S/C25H31F2N3O5S/c1-2-19-11-21(29-35-19)28-22(31)14-30-8-4-16(5-9-30)20(13-30)34-23(32)25(33,18-6-10-36-15-18)17-3-7-24(26,27)12-17/h6,10-11,15-17,20,33H,2-5,7-9,12-14H2,1H3/p+1/t16?,17?,20?,25-,30?/m1/s1. The van der Waals surface area contributed by atoms with Crippen LogP contribution in [0.15, 0.2) is 27.4 Å². The van der Waals surface area contributed by atoms with Gasteiger partial charge in [0.15, 0.2) is 24.1 Å². The summed E-state index contributed by atoms with van der Waals surface area (Å²) in [7, 11) is 0. The highest BCUT2D eigenvalue weighted by atomic mass is 32.1. The number of thiophene rings is 1. The lowest BCUT2D eigenvalue weighted by Crippen LogP contribution is -2.66. The lowest BCUT2D eigenvalue weighted by Gasteiger charge is -2.51. The van der Waals surface area contributed by atoms with Crippen molar-refractivity contribution >= 4 is 29.0 Å². The molecule has 2 aromatic rings. The second-order valence-electron chi connectivity index (χ2n) is 10.6. The Labute approximate surface area is 212 Å². The van der Waals surface area contributed by atoms with E-state index in [0.29, 0.717) is 34.6 Å². The van der Waals surface area contributed by atoms with Crippen molar-refractivity contribution in [3.63, 3.8) is 0 Å². The third-order valence-electron chi connectivity index (χ3n) is 8.22. The minimum atomic E-state index is -2.91. The number of hydrogen-bond donors (Lipinski definition) is 2. The van der Waals surface area contributed by atoms with Gasteiger partial charge in [-0.2, -0.15) is 11.3 Å². The summed E-state index contributed by atoms with van der Waals surface area (Å²) in [5.41, 5.74) is -1.80. The number of fused-ring (bicyclic) bond motifs is 3. The first-order valence-corrected chi connectivity index (χ1v) is 13.5. The molecule has 1 amide bonds. The maximum Gasteiger partial charge on any atom is 0.343 e. The number of carbonyl (C=O) groups excluding carboxylic acids is 2.